The third-order valence-corrected chi connectivity index (χ3v) is 4.52. The van der Waals surface area contributed by atoms with Crippen molar-refractivity contribution in [2.45, 2.75) is 46.3 Å². The first-order valence-corrected chi connectivity index (χ1v) is 9.07. The van der Waals surface area contributed by atoms with Crippen LogP contribution in [-0.4, -0.2) is 44.3 Å². The molecule has 0 spiro atoms. The van der Waals surface area contributed by atoms with E-state index in [4.69, 9.17) is 0 Å². The predicted molar refractivity (Wildman–Crippen MR) is 97.6 cm³/mol. The van der Waals surface area contributed by atoms with E-state index in [1.54, 1.807) is 9.58 Å². The molecule has 1 N–H and O–H groups in total. The van der Waals surface area contributed by atoms with Crippen LogP contribution in [0.2, 0.25) is 0 Å². The van der Waals surface area contributed by atoms with Crippen molar-refractivity contribution in [1.82, 2.24) is 25.2 Å². The van der Waals surface area contributed by atoms with Crippen molar-refractivity contribution < 1.29 is 9.59 Å². The Bertz CT molecular complexity index is 784. The fourth-order valence-corrected chi connectivity index (χ4v) is 3.30. The van der Waals surface area contributed by atoms with Gasteiger partial charge in [0.1, 0.15) is 0 Å². The van der Waals surface area contributed by atoms with Crippen LogP contribution in [0.15, 0.2) is 30.3 Å². The topological polar surface area (TPSA) is 80.1 Å². The van der Waals surface area contributed by atoms with Gasteiger partial charge in [-0.1, -0.05) is 49.4 Å². The van der Waals surface area contributed by atoms with Gasteiger partial charge in [0.15, 0.2) is 11.4 Å². The maximum atomic E-state index is 12.9. The van der Waals surface area contributed by atoms with E-state index < -0.39 is 0 Å². The number of carbonyl (C=O) groups excluding carboxylic acids is 2. The highest BCUT2D eigenvalue weighted by Crippen LogP contribution is 2.18. The third-order valence-electron chi connectivity index (χ3n) is 4.52. The molecule has 1 aliphatic heterocycles. The second-order valence-corrected chi connectivity index (χ2v) is 7.07. The highest BCUT2D eigenvalue weighted by molar-refractivity contribution is 6.05. The number of hydrogen-bond donors (Lipinski definition) is 1. The molecule has 1 aromatic carbocycles. The summed E-state index contributed by atoms with van der Waals surface area (Å²) in [5.74, 6) is -0.0750. The highest BCUT2D eigenvalue weighted by atomic mass is 16.2. The van der Waals surface area contributed by atoms with E-state index in [0.29, 0.717) is 25.6 Å². The Morgan fingerprint density at radius 2 is 2.08 bits per heavy atom. The average molecular weight is 355 g/mol. The van der Waals surface area contributed by atoms with Crippen molar-refractivity contribution in [3.8, 4) is 0 Å². The Labute approximate surface area is 153 Å². The van der Waals surface area contributed by atoms with E-state index in [0.717, 1.165) is 12.0 Å². The second-order valence-electron chi connectivity index (χ2n) is 7.07. The number of nitrogens with one attached hydrogen (secondary N) is 1. The molecule has 0 aliphatic carbocycles. The summed E-state index contributed by atoms with van der Waals surface area (Å²) in [6.45, 7) is 7.68. The van der Waals surface area contributed by atoms with E-state index in [-0.39, 0.29) is 29.2 Å². The van der Waals surface area contributed by atoms with Gasteiger partial charge in [-0.05, 0) is 24.8 Å². The lowest BCUT2D eigenvalue weighted by atomic mass is 10.0. The van der Waals surface area contributed by atoms with Crippen LogP contribution in [-0.2, 0) is 13.1 Å². The van der Waals surface area contributed by atoms with Crippen molar-refractivity contribution in [2.75, 3.05) is 6.54 Å². The van der Waals surface area contributed by atoms with E-state index >= 15 is 0 Å². The number of carbonyl (C=O) groups is 2. The minimum absolute atomic E-state index is 0.0197. The lowest BCUT2D eigenvalue weighted by molar-refractivity contribution is 0.0736. The first-order valence-electron chi connectivity index (χ1n) is 9.07. The zero-order valence-corrected chi connectivity index (χ0v) is 15.5. The molecule has 0 radical (unpaired) electrons. The summed E-state index contributed by atoms with van der Waals surface area (Å²) in [5, 5.41) is 11.1. The summed E-state index contributed by atoms with van der Waals surface area (Å²) in [6.07, 6.45) is 0.864. The van der Waals surface area contributed by atoms with Crippen LogP contribution in [0.4, 0.5) is 0 Å². The van der Waals surface area contributed by atoms with Gasteiger partial charge < -0.3 is 10.2 Å². The van der Waals surface area contributed by atoms with Crippen LogP contribution < -0.4 is 5.32 Å². The second kappa shape index (κ2) is 7.68. The van der Waals surface area contributed by atoms with Gasteiger partial charge in [-0.25, -0.2) is 4.68 Å². The number of amides is 2. The summed E-state index contributed by atoms with van der Waals surface area (Å²) < 4.78 is 1.56. The van der Waals surface area contributed by atoms with E-state index in [9.17, 15) is 9.59 Å². The lowest BCUT2D eigenvalue weighted by Gasteiger charge is -2.26. The van der Waals surface area contributed by atoms with Crippen LogP contribution in [0.3, 0.4) is 0 Å². The smallest absolute Gasteiger partial charge is 0.277 e. The molecule has 2 amide bonds. The van der Waals surface area contributed by atoms with Crippen molar-refractivity contribution >= 4 is 11.8 Å². The predicted octanol–water partition coefficient (Wildman–Crippen LogP) is 2.10. The van der Waals surface area contributed by atoms with Crippen molar-refractivity contribution in [3.63, 3.8) is 0 Å². The molecule has 7 heteroatoms. The largest absolute Gasteiger partial charge is 0.346 e. The molecule has 138 valence electrons. The monoisotopic (exact) mass is 355 g/mol. The van der Waals surface area contributed by atoms with Gasteiger partial charge in [0, 0.05) is 19.1 Å². The molecular formula is C19H25N5O2. The Morgan fingerprint density at radius 3 is 2.73 bits per heavy atom. The molecule has 2 heterocycles. The SMILES string of the molecule is CCN(Cc1ccccc1)C(=O)c1nnn2c1C(=O)NC(CC(C)C)C2. The van der Waals surface area contributed by atoms with E-state index in [2.05, 4.69) is 29.5 Å². The Hall–Kier alpha value is -2.70. The molecule has 2 aromatic rings. The number of rotatable bonds is 6. The molecular weight excluding hydrogens is 330 g/mol. The lowest BCUT2D eigenvalue weighted by Crippen LogP contribution is -2.46. The zero-order valence-electron chi connectivity index (χ0n) is 15.5. The zero-order chi connectivity index (χ0) is 18.7. The average Bonchev–Trinajstić information content (AvgIpc) is 3.04. The van der Waals surface area contributed by atoms with Gasteiger partial charge in [-0.3, -0.25) is 9.59 Å². The molecule has 7 nitrogen and oxygen atoms in total. The van der Waals surface area contributed by atoms with Gasteiger partial charge in [0.25, 0.3) is 11.8 Å². The molecule has 1 unspecified atom stereocenters. The number of benzene rings is 1. The van der Waals surface area contributed by atoms with Gasteiger partial charge in [0.2, 0.25) is 0 Å². The molecule has 1 aromatic heterocycles. The summed E-state index contributed by atoms with van der Waals surface area (Å²) in [6, 6.07) is 9.78. The first-order chi connectivity index (χ1) is 12.5. The number of fused-ring (bicyclic) bond motifs is 1. The normalized spacial score (nSPS) is 16.3. The van der Waals surface area contributed by atoms with Gasteiger partial charge in [-0.15, -0.1) is 5.10 Å². The number of aromatic nitrogens is 3. The summed E-state index contributed by atoms with van der Waals surface area (Å²) in [4.78, 5) is 27.2. The molecule has 26 heavy (non-hydrogen) atoms. The Balaban J connectivity index is 1.81. The Morgan fingerprint density at radius 1 is 1.35 bits per heavy atom. The molecule has 1 aliphatic rings. The maximum Gasteiger partial charge on any atom is 0.277 e. The minimum atomic E-state index is -0.272. The number of hydrogen-bond acceptors (Lipinski definition) is 4. The molecule has 0 saturated heterocycles. The quantitative estimate of drug-likeness (QED) is 0.860. The summed E-state index contributed by atoms with van der Waals surface area (Å²) >= 11 is 0. The van der Waals surface area contributed by atoms with Gasteiger partial charge >= 0.3 is 0 Å². The molecule has 0 fully saturated rings. The van der Waals surface area contributed by atoms with Crippen LogP contribution in [0.25, 0.3) is 0 Å². The first kappa shape index (κ1) is 18.1. The molecule has 1 atom stereocenters. The van der Waals surface area contributed by atoms with Crippen molar-refractivity contribution in [2.24, 2.45) is 5.92 Å². The summed E-state index contributed by atoms with van der Waals surface area (Å²) in [7, 11) is 0. The molecule has 0 bridgehead atoms. The molecule has 3 rings (SSSR count). The van der Waals surface area contributed by atoms with Crippen LogP contribution >= 0.6 is 0 Å². The van der Waals surface area contributed by atoms with Crippen LogP contribution in [0.5, 0.6) is 0 Å². The van der Waals surface area contributed by atoms with E-state index in [1.165, 1.54) is 0 Å². The van der Waals surface area contributed by atoms with E-state index in [1.807, 2.05) is 37.3 Å². The van der Waals surface area contributed by atoms with Gasteiger partial charge in [0.05, 0.1) is 6.54 Å². The fraction of sp³-hybridized carbons (Fsp3) is 0.474. The maximum absolute atomic E-state index is 12.9. The van der Waals surface area contributed by atoms with Crippen molar-refractivity contribution in [3.05, 3.63) is 47.3 Å². The fourth-order valence-electron chi connectivity index (χ4n) is 3.30. The standard InChI is InChI=1S/C19H25N5O2/c1-4-23(11-14-8-6-5-7-9-14)19(26)16-17-18(25)20-15(10-13(2)3)12-24(17)22-21-16/h5-9,13,15H,4,10-12H2,1-3H3,(H,20,25). The molecule has 0 saturated carbocycles. The Kier molecular flexibility index (Phi) is 5.35. The third kappa shape index (κ3) is 3.76. The highest BCUT2D eigenvalue weighted by Gasteiger charge is 2.33. The van der Waals surface area contributed by atoms with Crippen LogP contribution in [0, 0.1) is 5.92 Å². The van der Waals surface area contributed by atoms with Crippen molar-refractivity contribution in [1.29, 1.82) is 0 Å². The van der Waals surface area contributed by atoms with Gasteiger partial charge in [-0.2, -0.15) is 0 Å². The van der Waals surface area contributed by atoms with Crippen LogP contribution in [0.1, 0.15) is 53.7 Å². The number of nitrogens with zero attached hydrogens (tertiary/aromatic N) is 4. The minimum Gasteiger partial charge on any atom is -0.346 e. The summed E-state index contributed by atoms with van der Waals surface area (Å²) in [5.41, 5.74) is 1.43.